The van der Waals surface area contributed by atoms with Crippen molar-refractivity contribution in [1.29, 1.82) is 0 Å². The molecule has 0 radical (unpaired) electrons. The van der Waals surface area contributed by atoms with Gasteiger partial charge in [0, 0.05) is 15.6 Å². The number of hydrogen-bond donors (Lipinski definition) is 1. The Balaban J connectivity index is 1.59. The van der Waals surface area contributed by atoms with Crippen LogP contribution < -0.4 is 10.1 Å². The molecule has 3 aromatic carbocycles. The van der Waals surface area contributed by atoms with Crippen LogP contribution in [0.3, 0.4) is 0 Å². The van der Waals surface area contributed by atoms with Gasteiger partial charge in [0.25, 0.3) is 5.91 Å². The van der Waals surface area contributed by atoms with Crippen LogP contribution in [0.4, 0.5) is 10.1 Å². The van der Waals surface area contributed by atoms with Gasteiger partial charge in [-0.2, -0.15) is 0 Å². The van der Waals surface area contributed by atoms with E-state index in [4.69, 9.17) is 27.9 Å². The van der Waals surface area contributed by atoms with Gasteiger partial charge in [-0.05, 0) is 60.3 Å². The molecule has 0 bridgehead atoms. The fraction of sp³-hybridized carbons (Fsp3) is 0.0435. The molecule has 1 fully saturated rings. The van der Waals surface area contributed by atoms with E-state index >= 15 is 0 Å². The van der Waals surface area contributed by atoms with E-state index in [9.17, 15) is 9.18 Å². The standard InChI is InChI=1S/C23H14BrCl2FN2O2S/c24-14-8-9-20(31-12-15-16(25)5-3-6-18(15)27)13(10-14)11-21-22(30)29-23(32-21)28-19-7-2-1-4-17(19)26/h1-11H,12H2,(H,28,29,30)/b21-11+. The Morgan fingerprint density at radius 1 is 1.09 bits per heavy atom. The summed E-state index contributed by atoms with van der Waals surface area (Å²) in [6, 6.07) is 16.9. The minimum absolute atomic E-state index is 0.0537. The highest BCUT2D eigenvalue weighted by molar-refractivity contribution is 9.10. The minimum atomic E-state index is -0.444. The van der Waals surface area contributed by atoms with Crippen LogP contribution in [-0.2, 0) is 11.4 Å². The molecule has 1 aliphatic heterocycles. The van der Waals surface area contributed by atoms with Gasteiger partial charge in [-0.1, -0.05) is 57.3 Å². The predicted molar refractivity (Wildman–Crippen MR) is 132 cm³/mol. The summed E-state index contributed by atoms with van der Waals surface area (Å²) in [4.78, 5) is 17.3. The highest BCUT2D eigenvalue weighted by Crippen LogP contribution is 2.34. The molecule has 0 saturated carbocycles. The smallest absolute Gasteiger partial charge is 0.264 e. The van der Waals surface area contributed by atoms with Crippen LogP contribution in [0, 0.1) is 5.82 Å². The molecule has 4 rings (SSSR count). The Kier molecular flexibility index (Phi) is 7.20. The van der Waals surface area contributed by atoms with Crippen molar-refractivity contribution in [2.24, 2.45) is 4.99 Å². The van der Waals surface area contributed by atoms with Crippen LogP contribution in [0.1, 0.15) is 11.1 Å². The van der Waals surface area contributed by atoms with E-state index in [0.717, 1.165) is 4.47 Å². The maximum Gasteiger partial charge on any atom is 0.264 e. The number of nitrogens with zero attached hydrogens (tertiary/aromatic N) is 1. The van der Waals surface area contributed by atoms with Crippen molar-refractivity contribution in [2.75, 3.05) is 0 Å². The topological polar surface area (TPSA) is 50.7 Å². The number of carbonyl (C=O) groups excluding carboxylic acids is 1. The van der Waals surface area contributed by atoms with Crippen molar-refractivity contribution >= 4 is 73.7 Å². The van der Waals surface area contributed by atoms with Gasteiger partial charge in [0.05, 0.1) is 20.6 Å². The molecule has 0 atom stereocenters. The lowest BCUT2D eigenvalue weighted by Gasteiger charge is -2.12. The molecule has 32 heavy (non-hydrogen) atoms. The number of benzene rings is 3. The van der Waals surface area contributed by atoms with E-state index in [2.05, 4.69) is 26.2 Å². The lowest BCUT2D eigenvalue weighted by molar-refractivity contribution is -0.115. The molecule has 9 heteroatoms. The molecule has 1 heterocycles. The molecule has 4 nitrogen and oxygen atoms in total. The average Bonchev–Trinajstić information content (AvgIpc) is 3.09. The Morgan fingerprint density at radius 2 is 1.88 bits per heavy atom. The first-order valence-electron chi connectivity index (χ1n) is 9.30. The second-order valence-corrected chi connectivity index (χ2v) is 9.36. The van der Waals surface area contributed by atoms with Gasteiger partial charge in [-0.15, -0.1) is 0 Å². The van der Waals surface area contributed by atoms with Crippen LogP contribution in [0.15, 0.2) is 75.0 Å². The number of nitrogens with one attached hydrogen (secondary N) is 1. The number of para-hydroxylation sites is 1. The van der Waals surface area contributed by atoms with E-state index in [0.29, 0.717) is 32.1 Å². The van der Waals surface area contributed by atoms with Gasteiger partial charge in [0.2, 0.25) is 0 Å². The second kappa shape index (κ2) is 10.1. The zero-order chi connectivity index (χ0) is 22.7. The Bertz CT molecular complexity index is 1250. The van der Waals surface area contributed by atoms with E-state index in [1.54, 1.807) is 42.5 Å². The largest absolute Gasteiger partial charge is 0.488 e. The van der Waals surface area contributed by atoms with Gasteiger partial charge in [0.1, 0.15) is 18.2 Å². The molecule has 1 saturated heterocycles. The monoisotopic (exact) mass is 550 g/mol. The first-order chi connectivity index (χ1) is 15.4. The van der Waals surface area contributed by atoms with Crippen molar-refractivity contribution in [2.45, 2.75) is 6.61 Å². The summed E-state index contributed by atoms with van der Waals surface area (Å²) in [7, 11) is 0. The normalized spacial score (nSPS) is 15.9. The summed E-state index contributed by atoms with van der Waals surface area (Å²) in [6.45, 7) is -0.0537. The molecule has 1 aliphatic rings. The van der Waals surface area contributed by atoms with Crippen LogP contribution in [0.5, 0.6) is 5.75 Å². The molecule has 0 aromatic heterocycles. The molecule has 1 N–H and O–H groups in total. The van der Waals surface area contributed by atoms with Crippen molar-refractivity contribution < 1.29 is 13.9 Å². The summed E-state index contributed by atoms with van der Waals surface area (Å²) < 4.78 is 20.7. The van der Waals surface area contributed by atoms with Crippen molar-refractivity contribution in [3.8, 4) is 5.75 Å². The van der Waals surface area contributed by atoms with Gasteiger partial charge in [-0.25, -0.2) is 9.38 Å². The summed E-state index contributed by atoms with van der Waals surface area (Å²) in [5.74, 6) is -0.255. The molecule has 0 aliphatic carbocycles. The number of hydrogen-bond acceptors (Lipinski definition) is 4. The third kappa shape index (κ3) is 5.35. The Morgan fingerprint density at radius 3 is 2.66 bits per heavy atom. The van der Waals surface area contributed by atoms with Gasteiger partial charge >= 0.3 is 0 Å². The number of amides is 1. The molecule has 1 amide bonds. The van der Waals surface area contributed by atoms with Crippen molar-refractivity contribution in [3.05, 3.63) is 97.0 Å². The lowest BCUT2D eigenvalue weighted by Crippen LogP contribution is -2.19. The van der Waals surface area contributed by atoms with Crippen LogP contribution in [0.2, 0.25) is 10.0 Å². The Labute approximate surface area is 206 Å². The maximum absolute atomic E-state index is 14.1. The third-order valence-corrected chi connectivity index (χ3v) is 6.49. The first kappa shape index (κ1) is 22.9. The number of aliphatic imine (C=N–C) groups is 1. The number of rotatable bonds is 5. The van der Waals surface area contributed by atoms with Gasteiger partial charge in [-0.3, -0.25) is 4.79 Å². The molecule has 162 valence electrons. The zero-order valence-electron chi connectivity index (χ0n) is 16.2. The lowest BCUT2D eigenvalue weighted by atomic mass is 10.1. The SMILES string of the molecule is O=C1NC(=Nc2ccccc2Cl)S/C1=C/c1cc(Br)ccc1OCc1c(F)cccc1Cl. The fourth-order valence-electron chi connectivity index (χ4n) is 2.86. The minimum Gasteiger partial charge on any atom is -0.488 e. The van der Waals surface area contributed by atoms with E-state index in [-0.39, 0.29) is 23.1 Å². The summed E-state index contributed by atoms with van der Waals surface area (Å²) >= 11 is 16.9. The van der Waals surface area contributed by atoms with E-state index in [1.807, 2.05) is 12.1 Å². The van der Waals surface area contributed by atoms with Crippen LogP contribution >= 0.6 is 50.9 Å². The van der Waals surface area contributed by atoms with E-state index in [1.165, 1.54) is 23.9 Å². The average molecular weight is 552 g/mol. The quantitative estimate of drug-likeness (QED) is 0.337. The molecular formula is C23H14BrCl2FN2O2S. The second-order valence-electron chi connectivity index (χ2n) is 6.60. The molecular weight excluding hydrogens is 538 g/mol. The van der Waals surface area contributed by atoms with Gasteiger partial charge < -0.3 is 10.1 Å². The number of thioether (sulfide) groups is 1. The Hall–Kier alpha value is -2.32. The first-order valence-corrected chi connectivity index (χ1v) is 11.7. The van der Waals surface area contributed by atoms with Crippen molar-refractivity contribution in [1.82, 2.24) is 5.32 Å². The zero-order valence-corrected chi connectivity index (χ0v) is 20.2. The summed E-state index contributed by atoms with van der Waals surface area (Å²) in [5, 5.41) is 3.93. The molecule has 0 spiro atoms. The number of ether oxygens (including phenoxy) is 1. The van der Waals surface area contributed by atoms with Crippen LogP contribution in [0.25, 0.3) is 6.08 Å². The predicted octanol–water partition coefficient (Wildman–Crippen LogP) is 7.37. The maximum atomic E-state index is 14.1. The molecule has 3 aromatic rings. The number of halogens is 4. The summed E-state index contributed by atoms with van der Waals surface area (Å²) in [5.41, 5.74) is 1.47. The van der Waals surface area contributed by atoms with E-state index < -0.39 is 5.82 Å². The number of amidine groups is 1. The highest BCUT2D eigenvalue weighted by atomic mass is 79.9. The van der Waals surface area contributed by atoms with Crippen LogP contribution in [-0.4, -0.2) is 11.1 Å². The van der Waals surface area contributed by atoms with Crippen molar-refractivity contribution in [3.63, 3.8) is 0 Å². The highest BCUT2D eigenvalue weighted by Gasteiger charge is 2.24. The summed E-state index contributed by atoms with van der Waals surface area (Å²) in [6.07, 6.45) is 1.69. The van der Waals surface area contributed by atoms with Gasteiger partial charge in [0.15, 0.2) is 5.17 Å². The number of carbonyl (C=O) groups is 1. The third-order valence-electron chi connectivity index (χ3n) is 4.42. The fourth-order valence-corrected chi connectivity index (χ4v) is 4.46. The molecule has 0 unspecified atom stereocenters.